The molecule has 4 heteroatoms. The number of Topliss-reactive ketones (excluding diaryl/α,β-unsaturated/α-hetero) is 1. The van der Waals surface area contributed by atoms with Crippen LogP contribution in [-0.2, 0) is 9.59 Å². The van der Waals surface area contributed by atoms with E-state index in [1.165, 1.54) is 0 Å². The Hall–Kier alpha value is -0.900. The smallest absolute Gasteiger partial charge is 0.288 e. The fourth-order valence-corrected chi connectivity index (χ4v) is 0.642. The second kappa shape index (κ2) is 4.09. The molecule has 14 heavy (non-hydrogen) atoms. The van der Waals surface area contributed by atoms with Crippen molar-refractivity contribution in [1.29, 1.82) is 0 Å². The van der Waals surface area contributed by atoms with Gasteiger partial charge >= 0.3 is 5.91 Å². The Labute approximate surface area is 85.4 Å². The van der Waals surface area contributed by atoms with Gasteiger partial charge in [-0.05, 0) is 20.8 Å². The van der Waals surface area contributed by atoms with Gasteiger partial charge in [-0.2, -0.15) is 0 Å². The molecule has 0 fully saturated rings. The van der Waals surface area contributed by atoms with Gasteiger partial charge in [0.2, 0.25) is 5.78 Å². The highest BCUT2D eigenvalue weighted by Crippen LogP contribution is 2.13. The molecule has 0 aliphatic heterocycles. The summed E-state index contributed by atoms with van der Waals surface area (Å²) in [5.41, 5.74) is 4.27. The average molecular weight is 200 g/mol. The summed E-state index contributed by atoms with van der Waals surface area (Å²) in [5.74, 6) is -1.01. The van der Waals surface area contributed by atoms with Gasteiger partial charge in [-0.3, -0.25) is 15.0 Å². The Morgan fingerprint density at radius 2 is 1.36 bits per heavy atom. The Bertz CT molecular complexity index is 233. The predicted octanol–water partition coefficient (Wildman–Crippen LogP) is 1.02. The first-order valence-electron chi connectivity index (χ1n) is 4.66. The topological polar surface area (TPSA) is 58.2 Å². The molecule has 0 radical (unpaired) electrons. The minimum atomic E-state index is -0.635. The summed E-state index contributed by atoms with van der Waals surface area (Å²) in [5, 5.41) is 0. The zero-order valence-electron chi connectivity index (χ0n) is 9.82. The second-order valence-corrected chi connectivity index (χ2v) is 5.41. The van der Waals surface area contributed by atoms with Gasteiger partial charge in [0, 0.05) is 11.0 Å². The maximum absolute atomic E-state index is 11.4. The average Bonchev–Trinajstić information content (AvgIpc) is 1.95. The van der Waals surface area contributed by atoms with Crippen LogP contribution in [0.5, 0.6) is 0 Å². The van der Waals surface area contributed by atoms with Crippen molar-refractivity contribution in [2.24, 2.45) is 5.41 Å². The number of carbonyl (C=O) groups is 2. The van der Waals surface area contributed by atoms with Gasteiger partial charge in [-0.25, -0.2) is 5.43 Å². The fraction of sp³-hybridized carbons (Fsp3) is 0.800. The SMILES string of the molecule is CC(C)(C)NNC(=O)C(=O)C(C)(C)C. The van der Waals surface area contributed by atoms with Gasteiger partial charge in [0.15, 0.2) is 0 Å². The largest absolute Gasteiger partial charge is 0.302 e. The van der Waals surface area contributed by atoms with E-state index in [2.05, 4.69) is 10.9 Å². The van der Waals surface area contributed by atoms with Crippen LogP contribution in [0.1, 0.15) is 41.5 Å². The molecule has 4 nitrogen and oxygen atoms in total. The van der Waals surface area contributed by atoms with Crippen molar-refractivity contribution >= 4 is 11.7 Å². The monoisotopic (exact) mass is 200 g/mol. The zero-order valence-corrected chi connectivity index (χ0v) is 9.82. The van der Waals surface area contributed by atoms with Gasteiger partial charge in [-0.1, -0.05) is 20.8 Å². The fourth-order valence-electron chi connectivity index (χ4n) is 0.642. The van der Waals surface area contributed by atoms with Crippen molar-refractivity contribution in [3.63, 3.8) is 0 Å². The Morgan fingerprint density at radius 1 is 0.929 bits per heavy atom. The van der Waals surface area contributed by atoms with E-state index in [0.29, 0.717) is 0 Å². The van der Waals surface area contributed by atoms with Crippen molar-refractivity contribution in [1.82, 2.24) is 10.9 Å². The van der Waals surface area contributed by atoms with Crippen LogP contribution in [0.15, 0.2) is 0 Å². The predicted molar refractivity (Wildman–Crippen MR) is 55.5 cm³/mol. The first kappa shape index (κ1) is 13.1. The minimum absolute atomic E-state index is 0.242. The first-order valence-corrected chi connectivity index (χ1v) is 4.66. The number of carbonyl (C=O) groups excluding carboxylic acids is 2. The van der Waals surface area contributed by atoms with Crippen molar-refractivity contribution in [3.05, 3.63) is 0 Å². The molecule has 0 aromatic rings. The van der Waals surface area contributed by atoms with E-state index in [9.17, 15) is 9.59 Å². The lowest BCUT2D eigenvalue weighted by molar-refractivity contribution is -0.143. The van der Waals surface area contributed by atoms with Crippen LogP contribution in [0.25, 0.3) is 0 Å². The van der Waals surface area contributed by atoms with Crippen molar-refractivity contribution in [3.8, 4) is 0 Å². The molecule has 0 saturated carbocycles. The number of rotatable bonds is 2. The van der Waals surface area contributed by atoms with Crippen LogP contribution in [-0.4, -0.2) is 17.2 Å². The summed E-state index contributed by atoms with van der Waals surface area (Å²) in [6.07, 6.45) is 0. The standard InChI is InChI=1S/C10H20N2O2/c1-9(2,3)7(13)8(14)11-12-10(4,5)6/h12H,1-6H3,(H,11,14). The zero-order chi connectivity index (χ0) is 11.6. The number of hydrogen-bond donors (Lipinski definition) is 2. The lowest BCUT2D eigenvalue weighted by Gasteiger charge is -2.22. The van der Waals surface area contributed by atoms with Gasteiger partial charge in [0.25, 0.3) is 0 Å². The number of amides is 1. The minimum Gasteiger partial charge on any atom is -0.288 e. The number of nitrogens with one attached hydrogen (secondary N) is 2. The maximum Gasteiger partial charge on any atom is 0.302 e. The van der Waals surface area contributed by atoms with Crippen LogP contribution in [0, 0.1) is 5.41 Å². The Balaban J connectivity index is 4.19. The molecule has 0 aliphatic carbocycles. The third-order valence-electron chi connectivity index (χ3n) is 1.44. The Morgan fingerprint density at radius 3 is 1.64 bits per heavy atom. The van der Waals surface area contributed by atoms with Crippen LogP contribution in [0.3, 0.4) is 0 Å². The van der Waals surface area contributed by atoms with E-state index < -0.39 is 17.1 Å². The quantitative estimate of drug-likeness (QED) is 0.517. The third-order valence-corrected chi connectivity index (χ3v) is 1.44. The summed E-state index contributed by atoms with van der Waals surface area (Å²) in [6, 6.07) is 0. The molecule has 0 saturated heterocycles. The van der Waals surface area contributed by atoms with E-state index >= 15 is 0 Å². The molecule has 0 heterocycles. The lowest BCUT2D eigenvalue weighted by atomic mass is 9.90. The molecule has 0 atom stereocenters. The molecule has 0 aliphatic rings. The van der Waals surface area contributed by atoms with Gasteiger partial charge < -0.3 is 0 Å². The van der Waals surface area contributed by atoms with Gasteiger partial charge in [0.1, 0.15) is 0 Å². The molecule has 82 valence electrons. The molecule has 1 amide bonds. The molecule has 0 aromatic carbocycles. The summed E-state index contributed by atoms with van der Waals surface area (Å²) in [6.45, 7) is 10.8. The van der Waals surface area contributed by atoms with Crippen LogP contribution in [0.2, 0.25) is 0 Å². The summed E-state index contributed by atoms with van der Waals surface area (Å²) in [7, 11) is 0. The van der Waals surface area contributed by atoms with Gasteiger partial charge in [-0.15, -0.1) is 0 Å². The molecule has 2 N–H and O–H groups in total. The highest BCUT2D eigenvalue weighted by atomic mass is 16.2. The van der Waals surface area contributed by atoms with Crippen LogP contribution < -0.4 is 10.9 Å². The van der Waals surface area contributed by atoms with E-state index in [-0.39, 0.29) is 5.54 Å². The number of ketones is 1. The molecular weight excluding hydrogens is 180 g/mol. The lowest BCUT2D eigenvalue weighted by Crippen LogP contribution is -2.52. The highest BCUT2D eigenvalue weighted by molar-refractivity contribution is 6.37. The van der Waals surface area contributed by atoms with E-state index in [0.717, 1.165) is 0 Å². The third kappa shape index (κ3) is 4.97. The Kier molecular flexibility index (Phi) is 3.82. The number of hydrazine groups is 1. The normalized spacial score (nSPS) is 12.4. The summed E-state index contributed by atoms with van der Waals surface area (Å²) < 4.78 is 0. The van der Waals surface area contributed by atoms with Crippen molar-refractivity contribution in [2.75, 3.05) is 0 Å². The van der Waals surface area contributed by atoms with E-state index in [4.69, 9.17) is 0 Å². The first-order chi connectivity index (χ1) is 6.04. The van der Waals surface area contributed by atoms with Crippen LogP contribution >= 0.6 is 0 Å². The van der Waals surface area contributed by atoms with Crippen molar-refractivity contribution < 1.29 is 9.59 Å². The van der Waals surface area contributed by atoms with Crippen LogP contribution in [0.4, 0.5) is 0 Å². The van der Waals surface area contributed by atoms with E-state index in [1.54, 1.807) is 20.8 Å². The summed E-state index contributed by atoms with van der Waals surface area (Å²) >= 11 is 0. The summed E-state index contributed by atoms with van der Waals surface area (Å²) in [4.78, 5) is 22.7. The molecular formula is C10H20N2O2. The second-order valence-electron chi connectivity index (χ2n) is 5.41. The van der Waals surface area contributed by atoms with Crippen molar-refractivity contribution in [2.45, 2.75) is 47.1 Å². The molecule has 0 rings (SSSR count). The van der Waals surface area contributed by atoms with Gasteiger partial charge in [0.05, 0.1) is 0 Å². The van der Waals surface area contributed by atoms with E-state index in [1.807, 2.05) is 20.8 Å². The molecule has 0 unspecified atom stereocenters. The number of hydrogen-bond acceptors (Lipinski definition) is 3. The maximum atomic E-state index is 11.4. The highest BCUT2D eigenvalue weighted by Gasteiger charge is 2.28. The molecule has 0 spiro atoms. The molecule has 0 aromatic heterocycles. The molecule has 0 bridgehead atoms.